The average molecular weight is 234 g/mol. The highest BCUT2D eigenvalue weighted by atomic mass is 15.4. The van der Waals surface area contributed by atoms with Gasteiger partial charge in [0.1, 0.15) is 0 Å². The van der Waals surface area contributed by atoms with Crippen LogP contribution in [-0.2, 0) is 13.1 Å². The van der Waals surface area contributed by atoms with Crippen molar-refractivity contribution in [3.05, 3.63) is 23.9 Å². The van der Waals surface area contributed by atoms with Gasteiger partial charge in [-0.15, -0.1) is 5.10 Å². The Bertz CT molecular complexity index is 496. The Labute approximate surface area is 100 Å². The van der Waals surface area contributed by atoms with Gasteiger partial charge < -0.3 is 10.3 Å². The monoisotopic (exact) mass is 234 g/mol. The van der Waals surface area contributed by atoms with E-state index < -0.39 is 0 Å². The lowest BCUT2D eigenvalue weighted by atomic mass is 10.1. The molecular weight excluding hydrogens is 216 g/mol. The van der Waals surface area contributed by atoms with Crippen molar-refractivity contribution in [1.82, 2.24) is 24.5 Å². The Balaban J connectivity index is 2.30. The first-order valence-corrected chi connectivity index (χ1v) is 5.81. The van der Waals surface area contributed by atoms with Gasteiger partial charge in [-0.3, -0.25) is 0 Å². The summed E-state index contributed by atoms with van der Waals surface area (Å²) >= 11 is 0. The molecule has 0 atom stereocenters. The molecule has 2 aromatic heterocycles. The van der Waals surface area contributed by atoms with Crippen LogP contribution in [0.4, 0.5) is 5.82 Å². The van der Waals surface area contributed by atoms with E-state index in [-0.39, 0.29) is 0 Å². The van der Waals surface area contributed by atoms with Gasteiger partial charge in [-0.05, 0) is 12.8 Å². The number of aromatic nitrogens is 5. The molecule has 6 nitrogen and oxygen atoms in total. The van der Waals surface area contributed by atoms with E-state index in [0.29, 0.717) is 18.3 Å². The van der Waals surface area contributed by atoms with Gasteiger partial charge in [0, 0.05) is 6.54 Å². The van der Waals surface area contributed by atoms with Crippen LogP contribution in [0.5, 0.6) is 0 Å². The number of imidazole rings is 1. The summed E-state index contributed by atoms with van der Waals surface area (Å²) in [4.78, 5) is 4.14. The number of hydrogen-bond donors (Lipinski definition) is 1. The highest BCUT2D eigenvalue weighted by Crippen LogP contribution is 2.19. The molecule has 0 amide bonds. The molecule has 0 aliphatic rings. The van der Waals surface area contributed by atoms with E-state index in [1.807, 2.05) is 17.2 Å². The summed E-state index contributed by atoms with van der Waals surface area (Å²) in [5.41, 5.74) is 7.92. The van der Waals surface area contributed by atoms with Gasteiger partial charge in [0.15, 0.2) is 5.82 Å². The molecule has 0 radical (unpaired) electrons. The Morgan fingerprint density at radius 2 is 2.18 bits per heavy atom. The number of aryl methyl sites for hydroxylation is 1. The van der Waals surface area contributed by atoms with Crippen molar-refractivity contribution < 1.29 is 0 Å². The van der Waals surface area contributed by atoms with Crippen molar-refractivity contribution in [2.45, 2.75) is 39.8 Å². The molecule has 0 aromatic carbocycles. The van der Waals surface area contributed by atoms with Crippen LogP contribution < -0.4 is 5.73 Å². The minimum atomic E-state index is 0.308. The van der Waals surface area contributed by atoms with Crippen LogP contribution in [0.1, 0.15) is 38.1 Å². The fourth-order valence-corrected chi connectivity index (χ4v) is 1.96. The van der Waals surface area contributed by atoms with Gasteiger partial charge in [-0.1, -0.05) is 19.1 Å². The van der Waals surface area contributed by atoms with Crippen LogP contribution in [0, 0.1) is 0 Å². The van der Waals surface area contributed by atoms with Crippen LogP contribution >= 0.6 is 0 Å². The summed E-state index contributed by atoms with van der Waals surface area (Å²) < 4.78 is 3.94. The van der Waals surface area contributed by atoms with Crippen molar-refractivity contribution in [2.75, 3.05) is 5.73 Å². The minimum absolute atomic E-state index is 0.308. The van der Waals surface area contributed by atoms with Crippen molar-refractivity contribution in [3.8, 4) is 0 Å². The van der Waals surface area contributed by atoms with Crippen molar-refractivity contribution >= 4 is 5.82 Å². The molecular formula is C11H18N6. The van der Waals surface area contributed by atoms with E-state index in [1.54, 1.807) is 0 Å². The average Bonchev–Trinajstić information content (AvgIpc) is 2.86. The Morgan fingerprint density at radius 1 is 1.41 bits per heavy atom. The lowest BCUT2D eigenvalue weighted by Gasteiger charge is -2.10. The van der Waals surface area contributed by atoms with Crippen LogP contribution in [0.25, 0.3) is 0 Å². The molecule has 0 aliphatic carbocycles. The molecule has 92 valence electrons. The van der Waals surface area contributed by atoms with Crippen LogP contribution in [0.15, 0.2) is 12.5 Å². The van der Waals surface area contributed by atoms with E-state index in [2.05, 4.69) is 40.6 Å². The van der Waals surface area contributed by atoms with E-state index in [0.717, 1.165) is 17.9 Å². The van der Waals surface area contributed by atoms with Crippen LogP contribution in [0.3, 0.4) is 0 Å². The lowest BCUT2D eigenvalue weighted by molar-refractivity contribution is 0.567. The molecule has 0 bridgehead atoms. The molecule has 0 saturated carbocycles. The first-order valence-electron chi connectivity index (χ1n) is 5.81. The Kier molecular flexibility index (Phi) is 3.12. The fourth-order valence-electron chi connectivity index (χ4n) is 1.96. The number of hydrogen-bond acceptors (Lipinski definition) is 4. The van der Waals surface area contributed by atoms with Crippen LogP contribution in [-0.4, -0.2) is 24.5 Å². The van der Waals surface area contributed by atoms with E-state index in [1.165, 1.54) is 0 Å². The normalized spacial score (nSPS) is 11.3. The lowest BCUT2D eigenvalue weighted by Crippen LogP contribution is -2.11. The maximum atomic E-state index is 5.82. The highest BCUT2D eigenvalue weighted by molar-refractivity contribution is 5.35. The minimum Gasteiger partial charge on any atom is -0.381 e. The summed E-state index contributed by atoms with van der Waals surface area (Å²) in [5, 5.41) is 8.02. The molecule has 0 aliphatic heterocycles. The maximum Gasteiger partial charge on any atom is 0.169 e. The van der Waals surface area contributed by atoms with Gasteiger partial charge in [-0.25, -0.2) is 9.67 Å². The maximum absolute atomic E-state index is 5.82. The van der Waals surface area contributed by atoms with Gasteiger partial charge in [0.2, 0.25) is 0 Å². The van der Waals surface area contributed by atoms with E-state index in [4.69, 9.17) is 5.73 Å². The summed E-state index contributed by atoms with van der Waals surface area (Å²) in [5.74, 6) is 0.825. The molecule has 17 heavy (non-hydrogen) atoms. The quantitative estimate of drug-likeness (QED) is 0.864. The zero-order valence-electron chi connectivity index (χ0n) is 10.5. The van der Waals surface area contributed by atoms with E-state index in [9.17, 15) is 0 Å². The molecule has 0 fully saturated rings. The van der Waals surface area contributed by atoms with Crippen molar-refractivity contribution in [1.29, 1.82) is 0 Å². The van der Waals surface area contributed by atoms with Gasteiger partial charge in [0.25, 0.3) is 0 Å². The molecule has 0 saturated heterocycles. The fraction of sp³-hybridized carbons (Fsp3) is 0.545. The molecule has 2 rings (SSSR count). The summed E-state index contributed by atoms with van der Waals surface area (Å²) in [6, 6.07) is 0. The largest absolute Gasteiger partial charge is 0.381 e. The molecule has 2 aromatic rings. The SMILES string of the molecule is CCn1cncc1Cn1nnc(N)c1C(C)C. The molecule has 0 spiro atoms. The first kappa shape index (κ1) is 11.6. The second-order valence-electron chi connectivity index (χ2n) is 4.34. The topological polar surface area (TPSA) is 74.5 Å². The number of nitrogens with two attached hydrogens (primary N) is 1. The Morgan fingerprint density at radius 3 is 2.82 bits per heavy atom. The van der Waals surface area contributed by atoms with Gasteiger partial charge in [-0.2, -0.15) is 0 Å². The summed E-state index contributed by atoms with van der Waals surface area (Å²) in [6.07, 6.45) is 3.68. The van der Waals surface area contributed by atoms with Crippen molar-refractivity contribution in [2.24, 2.45) is 0 Å². The van der Waals surface area contributed by atoms with Gasteiger partial charge in [0.05, 0.1) is 30.5 Å². The zero-order valence-corrected chi connectivity index (χ0v) is 10.5. The molecule has 2 N–H and O–H groups in total. The third-order valence-electron chi connectivity index (χ3n) is 2.80. The number of anilines is 1. The number of nitrogens with zero attached hydrogens (tertiary/aromatic N) is 5. The van der Waals surface area contributed by atoms with Crippen LogP contribution in [0.2, 0.25) is 0 Å². The predicted molar refractivity (Wildman–Crippen MR) is 65.5 cm³/mol. The second-order valence-corrected chi connectivity index (χ2v) is 4.34. The summed E-state index contributed by atoms with van der Waals surface area (Å²) in [7, 11) is 0. The predicted octanol–water partition coefficient (Wildman–Crippen LogP) is 1.25. The first-order chi connectivity index (χ1) is 8.13. The summed E-state index contributed by atoms with van der Waals surface area (Å²) in [6.45, 7) is 7.82. The number of rotatable bonds is 4. The molecule has 0 unspecified atom stereocenters. The Hall–Kier alpha value is -1.85. The second kappa shape index (κ2) is 4.57. The van der Waals surface area contributed by atoms with Crippen molar-refractivity contribution in [3.63, 3.8) is 0 Å². The smallest absolute Gasteiger partial charge is 0.169 e. The molecule has 6 heteroatoms. The van der Waals surface area contributed by atoms with E-state index >= 15 is 0 Å². The van der Waals surface area contributed by atoms with Gasteiger partial charge >= 0.3 is 0 Å². The number of nitrogen functional groups attached to an aromatic ring is 1. The third kappa shape index (κ3) is 2.15. The molecule has 2 heterocycles. The zero-order chi connectivity index (χ0) is 12.4. The highest BCUT2D eigenvalue weighted by Gasteiger charge is 2.14. The third-order valence-corrected chi connectivity index (χ3v) is 2.80. The standard InChI is InChI=1S/C11H18N6/c1-4-16-7-13-5-9(16)6-17-10(8(2)3)11(12)14-15-17/h5,7-8H,4,6,12H2,1-3H3.